The Hall–Kier alpha value is -2.27. The summed E-state index contributed by atoms with van der Waals surface area (Å²) in [6.45, 7) is 2.83. The lowest BCUT2D eigenvalue weighted by Gasteiger charge is -2.07. The summed E-state index contributed by atoms with van der Waals surface area (Å²) in [7, 11) is 1.60. The number of nitrogens with one attached hydrogen (secondary N) is 1. The first-order valence-electron chi connectivity index (χ1n) is 8.18. The first kappa shape index (κ1) is 19.1. The molecule has 0 unspecified atom stereocenters. The summed E-state index contributed by atoms with van der Waals surface area (Å²) in [6, 6.07) is 13.0. The van der Waals surface area contributed by atoms with E-state index in [1.54, 1.807) is 13.2 Å². The molecule has 0 aliphatic rings. The summed E-state index contributed by atoms with van der Waals surface area (Å²) in [5.74, 6) is 1.31. The number of carbonyl (C=O) groups is 1. The van der Waals surface area contributed by atoms with E-state index >= 15 is 0 Å². The van der Waals surface area contributed by atoms with Crippen molar-refractivity contribution in [3.05, 3.63) is 58.6 Å². The van der Waals surface area contributed by atoms with E-state index in [0.29, 0.717) is 12.4 Å². The number of benzene rings is 2. The third-order valence-corrected chi connectivity index (χ3v) is 3.99. The molecule has 2 rings (SSSR count). The van der Waals surface area contributed by atoms with Gasteiger partial charge in [0.05, 0.1) is 13.7 Å². The van der Waals surface area contributed by atoms with Gasteiger partial charge >= 0.3 is 0 Å². The maximum absolute atomic E-state index is 12.1. The lowest BCUT2D eigenvalue weighted by atomic mass is 10.2. The molecule has 4 nitrogen and oxygen atoms in total. The van der Waals surface area contributed by atoms with Gasteiger partial charge in [-0.05, 0) is 55.0 Å². The largest absolute Gasteiger partial charge is 0.496 e. The van der Waals surface area contributed by atoms with Crippen LogP contribution in [0.1, 0.15) is 25.3 Å². The van der Waals surface area contributed by atoms with Crippen LogP contribution in [-0.2, 0) is 4.79 Å². The van der Waals surface area contributed by atoms with Crippen LogP contribution in [0.25, 0.3) is 6.08 Å². The zero-order valence-electron chi connectivity index (χ0n) is 14.4. The van der Waals surface area contributed by atoms with Crippen LogP contribution in [0.4, 0.5) is 5.69 Å². The second kappa shape index (κ2) is 9.89. The van der Waals surface area contributed by atoms with Crippen LogP contribution in [0.2, 0.25) is 0 Å². The maximum Gasteiger partial charge on any atom is 0.248 e. The van der Waals surface area contributed by atoms with Crippen molar-refractivity contribution in [2.45, 2.75) is 19.8 Å². The Bertz CT molecular complexity index is 726. The predicted octanol–water partition coefficient (Wildman–Crippen LogP) is 5.29. The molecule has 5 heteroatoms. The van der Waals surface area contributed by atoms with E-state index in [1.165, 1.54) is 6.08 Å². The summed E-state index contributed by atoms with van der Waals surface area (Å²) in [5.41, 5.74) is 1.55. The minimum Gasteiger partial charge on any atom is -0.496 e. The summed E-state index contributed by atoms with van der Waals surface area (Å²) in [5, 5.41) is 2.82. The summed E-state index contributed by atoms with van der Waals surface area (Å²) >= 11 is 3.41. The van der Waals surface area contributed by atoms with E-state index in [0.717, 1.165) is 34.3 Å². The molecule has 0 aliphatic carbocycles. The number of methoxy groups -OCH3 is 1. The number of hydrogen-bond acceptors (Lipinski definition) is 3. The molecular weight excluding hydrogens is 382 g/mol. The fraction of sp³-hybridized carbons (Fsp3) is 0.250. The van der Waals surface area contributed by atoms with Crippen molar-refractivity contribution in [1.29, 1.82) is 0 Å². The smallest absolute Gasteiger partial charge is 0.248 e. The Kier molecular flexibility index (Phi) is 7.54. The minimum absolute atomic E-state index is 0.207. The van der Waals surface area contributed by atoms with E-state index in [1.807, 2.05) is 42.5 Å². The van der Waals surface area contributed by atoms with Gasteiger partial charge < -0.3 is 14.8 Å². The normalized spacial score (nSPS) is 10.7. The molecule has 0 bridgehead atoms. The summed E-state index contributed by atoms with van der Waals surface area (Å²) < 4.78 is 11.8. The molecule has 0 atom stereocenters. The van der Waals surface area contributed by atoms with Crippen molar-refractivity contribution >= 4 is 33.6 Å². The zero-order valence-corrected chi connectivity index (χ0v) is 16.0. The second-order valence-corrected chi connectivity index (χ2v) is 6.35. The van der Waals surface area contributed by atoms with Gasteiger partial charge in [0.15, 0.2) is 0 Å². The number of halogens is 1. The van der Waals surface area contributed by atoms with Gasteiger partial charge in [0.1, 0.15) is 11.5 Å². The van der Waals surface area contributed by atoms with Crippen molar-refractivity contribution < 1.29 is 14.3 Å². The highest BCUT2D eigenvalue weighted by Gasteiger charge is 2.03. The number of carbonyl (C=O) groups excluding carboxylic acids is 1. The Morgan fingerprint density at radius 3 is 2.64 bits per heavy atom. The lowest BCUT2D eigenvalue weighted by Crippen LogP contribution is -2.07. The fourth-order valence-corrected chi connectivity index (χ4v) is 2.53. The molecule has 0 radical (unpaired) electrons. The molecule has 0 saturated heterocycles. The Morgan fingerprint density at radius 2 is 1.96 bits per heavy atom. The number of rotatable bonds is 8. The average molecular weight is 404 g/mol. The number of hydrogen-bond donors (Lipinski definition) is 1. The Balaban J connectivity index is 1.94. The third-order valence-electron chi connectivity index (χ3n) is 3.49. The molecule has 2 aromatic rings. The van der Waals surface area contributed by atoms with Crippen molar-refractivity contribution in [1.82, 2.24) is 0 Å². The first-order valence-corrected chi connectivity index (χ1v) is 8.97. The SMILES string of the molecule is CCCCOc1ccc(NC(=O)/C=C/c2cc(Br)ccc2OC)cc1. The molecule has 1 N–H and O–H groups in total. The van der Waals surface area contributed by atoms with Crippen LogP contribution < -0.4 is 14.8 Å². The molecule has 0 aliphatic heterocycles. The van der Waals surface area contributed by atoms with Gasteiger partial charge in [0.2, 0.25) is 5.91 Å². The summed E-state index contributed by atoms with van der Waals surface area (Å²) in [4.78, 5) is 12.1. The number of unbranched alkanes of at least 4 members (excludes halogenated alkanes) is 1. The van der Waals surface area contributed by atoms with E-state index < -0.39 is 0 Å². The molecular formula is C20H22BrNO3. The predicted molar refractivity (Wildman–Crippen MR) is 105 cm³/mol. The van der Waals surface area contributed by atoms with Crippen LogP contribution >= 0.6 is 15.9 Å². The highest BCUT2D eigenvalue weighted by molar-refractivity contribution is 9.10. The molecule has 0 aromatic heterocycles. The maximum atomic E-state index is 12.1. The Morgan fingerprint density at radius 1 is 1.20 bits per heavy atom. The van der Waals surface area contributed by atoms with E-state index in [4.69, 9.17) is 9.47 Å². The fourth-order valence-electron chi connectivity index (χ4n) is 2.15. The van der Waals surface area contributed by atoms with E-state index in [-0.39, 0.29) is 5.91 Å². The van der Waals surface area contributed by atoms with Crippen LogP contribution in [0, 0.1) is 0 Å². The van der Waals surface area contributed by atoms with Gasteiger partial charge in [-0.25, -0.2) is 0 Å². The molecule has 0 saturated carbocycles. The third kappa shape index (κ3) is 6.27. The molecule has 25 heavy (non-hydrogen) atoms. The van der Waals surface area contributed by atoms with Crippen LogP contribution in [0.5, 0.6) is 11.5 Å². The van der Waals surface area contributed by atoms with Crippen molar-refractivity contribution in [2.75, 3.05) is 19.0 Å². The van der Waals surface area contributed by atoms with Gasteiger partial charge in [-0.15, -0.1) is 0 Å². The first-order chi connectivity index (χ1) is 12.1. The second-order valence-electron chi connectivity index (χ2n) is 5.44. The topological polar surface area (TPSA) is 47.6 Å². The van der Waals surface area contributed by atoms with Gasteiger partial charge in [0.25, 0.3) is 0 Å². The quantitative estimate of drug-likeness (QED) is 0.481. The van der Waals surface area contributed by atoms with E-state index in [2.05, 4.69) is 28.2 Å². The van der Waals surface area contributed by atoms with Crippen LogP contribution in [0.15, 0.2) is 53.0 Å². The zero-order chi connectivity index (χ0) is 18.1. The highest BCUT2D eigenvalue weighted by Crippen LogP contribution is 2.24. The lowest BCUT2D eigenvalue weighted by molar-refractivity contribution is -0.111. The molecule has 1 amide bonds. The highest BCUT2D eigenvalue weighted by atomic mass is 79.9. The number of anilines is 1. The average Bonchev–Trinajstić information content (AvgIpc) is 2.62. The molecule has 0 fully saturated rings. The van der Waals surface area contributed by atoms with Gasteiger partial charge in [-0.3, -0.25) is 4.79 Å². The Labute approximate surface area is 157 Å². The molecule has 0 spiro atoms. The monoisotopic (exact) mass is 403 g/mol. The van der Waals surface area contributed by atoms with Crippen LogP contribution in [0.3, 0.4) is 0 Å². The standard InChI is InChI=1S/C20H22BrNO3/c1-3-4-13-25-18-9-7-17(8-10-18)22-20(23)12-5-15-14-16(21)6-11-19(15)24-2/h5-12,14H,3-4,13H2,1-2H3,(H,22,23)/b12-5+. The molecule has 2 aromatic carbocycles. The van der Waals surface area contributed by atoms with E-state index in [9.17, 15) is 4.79 Å². The van der Waals surface area contributed by atoms with Crippen LogP contribution in [-0.4, -0.2) is 19.6 Å². The van der Waals surface area contributed by atoms with Gasteiger partial charge in [0, 0.05) is 21.8 Å². The van der Waals surface area contributed by atoms with Crippen molar-refractivity contribution in [2.24, 2.45) is 0 Å². The minimum atomic E-state index is -0.207. The van der Waals surface area contributed by atoms with Gasteiger partial charge in [-0.2, -0.15) is 0 Å². The summed E-state index contributed by atoms with van der Waals surface area (Å²) in [6.07, 6.45) is 5.34. The van der Waals surface area contributed by atoms with Crippen molar-refractivity contribution in [3.63, 3.8) is 0 Å². The van der Waals surface area contributed by atoms with Crippen molar-refractivity contribution in [3.8, 4) is 11.5 Å². The number of amides is 1. The molecule has 0 heterocycles. The van der Waals surface area contributed by atoms with Gasteiger partial charge in [-0.1, -0.05) is 29.3 Å². The number of ether oxygens (including phenoxy) is 2. The molecule has 132 valence electrons.